The molecule has 0 spiro atoms. The summed E-state index contributed by atoms with van der Waals surface area (Å²) >= 11 is 0. The Morgan fingerprint density at radius 2 is 2.06 bits per heavy atom. The van der Waals surface area contributed by atoms with Crippen LogP contribution in [0.2, 0.25) is 0 Å². The van der Waals surface area contributed by atoms with E-state index >= 15 is 0 Å². The van der Waals surface area contributed by atoms with Gasteiger partial charge in [0, 0.05) is 19.1 Å². The quantitative estimate of drug-likeness (QED) is 0.711. The van der Waals surface area contributed by atoms with E-state index in [1.807, 2.05) is 0 Å². The van der Waals surface area contributed by atoms with Crippen LogP contribution in [0.1, 0.15) is 51.9 Å². The Balaban J connectivity index is 2.10. The molecule has 1 aliphatic rings. The molecule has 5 heteroatoms. The van der Waals surface area contributed by atoms with Gasteiger partial charge >= 0.3 is 6.18 Å². The van der Waals surface area contributed by atoms with Gasteiger partial charge in [-0.15, -0.1) is 0 Å². The van der Waals surface area contributed by atoms with Crippen molar-refractivity contribution in [1.82, 2.24) is 5.32 Å². The number of hydrogen-bond acceptors (Lipinski definition) is 2. The molecule has 0 radical (unpaired) electrons. The lowest BCUT2D eigenvalue weighted by molar-refractivity contribution is -0.139. The van der Waals surface area contributed by atoms with Gasteiger partial charge in [0.15, 0.2) is 0 Å². The second-order valence-corrected chi connectivity index (χ2v) is 5.03. The molecule has 0 bridgehead atoms. The third-order valence-corrected chi connectivity index (χ3v) is 3.27. The molecule has 108 valence electrons. The van der Waals surface area contributed by atoms with E-state index in [9.17, 15) is 13.2 Å². The fraction of sp³-hybridized carbons (Fsp3) is 1.00. The smallest absolute Gasteiger partial charge is 0.378 e. The second kappa shape index (κ2) is 8.00. The summed E-state index contributed by atoms with van der Waals surface area (Å²) in [6.07, 6.45) is 0.705. The SMILES string of the molecule is CCCNC1CCCC(OCCCC(F)(F)F)C1. The summed E-state index contributed by atoms with van der Waals surface area (Å²) in [5, 5.41) is 3.46. The minimum Gasteiger partial charge on any atom is -0.378 e. The van der Waals surface area contributed by atoms with E-state index < -0.39 is 12.6 Å². The fourth-order valence-corrected chi connectivity index (χ4v) is 2.35. The van der Waals surface area contributed by atoms with Gasteiger partial charge in [-0.2, -0.15) is 13.2 Å². The molecule has 0 aromatic heterocycles. The Labute approximate surface area is 107 Å². The van der Waals surface area contributed by atoms with Gasteiger partial charge in [0.2, 0.25) is 0 Å². The third-order valence-electron chi connectivity index (χ3n) is 3.27. The largest absolute Gasteiger partial charge is 0.389 e. The first kappa shape index (κ1) is 15.8. The molecule has 1 saturated carbocycles. The Kier molecular flexibility index (Phi) is 7.00. The lowest BCUT2D eigenvalue weighted by Gasteiger charge is -2.30. The second-order valence-electron chi connectivity index (χ2n) is 5.03. The lowest BCUT2D eigenvalue weighted by Crippen LogP contribution is -2.37. The molecular formula is C13H24F3NO. The van der Waals surface area contributed by atoms with Gasteiger partial charge in [0.1, 0.15) is 0 Å². The molecule has 18 heavy (non-hydrogen) atoms. The van der Waals surface area contributed by atoms with Crippen molar-refractivity contribution >= 4 is 0 Å². The first-order valence-corrected chi connectivity index (χ1v) is 6.93. The summed E-state index contributed by atoms with van der Waals surface area (Å²) in [6.45, 7) is 3.36. The van der Waals surface area contributed by atoms with E-state index in [2.05, 4.69) is 12.2 Å². The van der Waals surface area contributed by atoms with Crippen molar-refractivity contribution in [3.8, 4) is 0 Å². The van der Waals surface area contributed by atoms with Crippen molar-refractivity contribution in [3.05, 3.63) is 0 Å². The molecular weight excluding hydrogens is 243 g/mol. The molecule has 1 fully saturated rings. The van der Waals surface area contributed by atoms with Crippen molar-refractivity contribution in [1.29, 1.82) is 0 Å². The minimum absolute atomic E-state index is 0.0764. The van der Waals surface area contributed by atoms with Crippen LogP contribution in [0.3, 0.4) is 0 Å². The summed E-state index contributed by atoms with van der Waals surface area (Å²) in [5.41, 5.74) is 0. The van der Waals surface area contributed by atoms with Gasteiger partial charge in [0.05, 0.1) is 6.10 Å². The van der Waals surface area contributed by atoms with E-state index in [4.69, 9.17) is 4.74 Å². The first-order chi connectivity index (χ1) is 8.51. The van der Waals surface area contributed by atoms with Gasteiger partial charge < -0.3 is 10.1 Å². The number of alkyl halides is 3. The predicted molar refractivity (Wildman–Crippen MR) is 65.6 cm³/mol. The van der Waals surface area contributed by atoms with Crippen LogP contribution in [-0.4, -0.2) is 31.5 Å². The van der Waals surface area contributed by atoms with Crippen LogP contribution in [0.4, 0.5) is 13.2 Å². The van der Waals surface area contributed by atoms with Gasteiger partial charge in [0.25, 0.3) is 0 Å². The topological polar surface area (TPSA) is 21.3 Å². The first-order valence-electron chi connectivity index (χ1n) is 6.93. The van der Waals surface area contributed by atoms with Crippen molar-refractivity contribution in [2.24, 2.45) is 0 Å². The molecule has 2 unspecified atom stereocenters. The lowest BCUT2D eigenvalue weighted by atomic mass is 9.93. The standard InChI is InChI=1S/C13H24F3NO/c1-2-8-17-11-5-3-6-12(10-11)18-9-4-7-13(14,15)16/h11-12,17H,2-10H2,1H3. The highest BCUT2D eigenvalue weighted by Crippen LogP contribution is 2.24. The molecule has 0 aliphatic heterocycles. The summed E-state index contributed by atoms with van der Waals surface area (Å²) in [6, 6.07) is 0.478. The molecule has 0 saturated heterocycles. The van der Waals surface area contributed by atoms with Crippen molar-refractivity contribution in [2.45, 2.75) is 70.2 Å². The van der Waals surface area contributed by atoms with Crippen LogP contribution in [0, 0.1) is 0 Å². The zero-order valence-electron chi connectivity index (χ0n) is 11.1. The number of ether oxygens (including phenoxy) is 1. The van der Waals surface area contributed by atoms with Crippen LogP contribution in [0.15, 0.2) is 0 Å². The Hall–Kier alpha value is -0.290. The third kappa shape index (κ3) is 7.21. The normalized spacial score (nSPS) is 25.3. The van der Waals surface area contributed by atoms with Crippen molar-refractivity contribution in [2.75, 3.05) is 13.2 Å². The zero-order chi connectivity index (χ0) is 13.4. The Morgan fingerprint density at radius 1 is 1.28 bits per heavy atom. The van der Waals surface area contributed by atoms with Crippen molar-refractivity contribution in [3.63, 3.8) is 0 Å². The molecule has 0 aromatic rings. The monoisotopic (exact) mass is 267 g/mol. The van der Waals surface area contributed by atoms with E-state index in [0.29, 0.717) is 6.04 Å². The molecule has 1 aliphatic carbocycles. The van der Waals surface area contributed by atoms with Crippen LogP contribution in [0.25, 0.3) is 0 Å². The van der Waals surface area contributed by atoms with Gasteiger partial charge in [-0.1, -0.05) is 6.92 Å². The number of halogens is 3. The van der Waals surface area contributed by atoms with Crippen LogP contribution >= 0.6 is 0 Å². The number of hydrogen-bond donors (Lipinski definition) is 1. The molecule has 1 N–H and O–H groups in total. The molecule has 1 rings (SSSR count). The highest BCUT2D eigenvalue weighted by atomic mass is 19.4. The zero-order valence-corrected chi connectivity index (χ0v) is 11.1. The maximum Gasteiger partial charge on any atom is 0.389 e. The fourth-order valence-electron chi connectivity index (χ4n) is 2.35. The average molecular weight is 267 g/mol. The van der Waals surface area contributed by atoms with Crippen LogP contribution in [0.5, 0.6) is 0 Å². The summed E-state index contributed by atoms with van der Waals surface area (Å²) in [4.78, 5) is 0. The summed E-state index contributed by atoms with van der Waals surface area (Å²) in [5.74, 6) is 0. The molecule has 2 atom stereocenters. The van der Waals surface area contributed by atoms with Gasteiger partial charge in [-0.3, -0.25) is 0 Å². The van der Waals surface area contributed by atoms with Gasteiger partial charge in [-0.25, -0.2) is 0 Å². The molecule has 0 amide bonds. The highest BCUT2D eigenvalue weighted by Gasteiger charge is 2.27. The summed E-state index contributed by atoms with van der Waals surface area (Å²) in [7, 11) is 0. The molecule has 0 heterocycles. The van der Waals surface area contributed by atoms with E-state index in [1.165, 1.54) is 0 Å². The molecule has 2 nitrogen and oxygen atoms in total. The van der Waals surface area contributed by atoms with Crippen LogP contribution in [-0.2, 0) is 4.74 Å². The number of nitrogens with one attached hydrogen (secondary N) is 1. The highest BCUT2D eigenvalue weighted by molar-refractivity contribution is 4.78. The van der Waals surface area contributed by atoms with E-state index in [0.717, 1.165) is 38.6 Å². The van der Waals surface area contributed by atoms with Gasteiger partial charge in [-0.05, 0) is 45.1 Å². The minimum atomic E-state index is -4.05. The summed E-state index contributed by atoms with van der Waals surface area (Å²) < 4.78 is 41.4. The van der Waals surface area contributed by atoms with Crippen molar-refractivity contribution < 1.29 is 17.9 Å². The van der Waals surface area contributed by atoms with Crippen LogP contribution < -0.4 is 5.32 Å². The predicted octanol–water partition coefficient (Wildman–Crippen LogP) is 3.66. The van der Waals surface area contributed by atoms with E-state index in [-0.39, 0.29) is 19.1 Å². The maximum atomic E-state index is 12.0. The Bertz CT molecular complexity index is 221. The molecule has 0 aromatic carbocycles. The maximum absolute atomic E-state index is 12.0. The Morgan fingerprint density at radius 3 is 2.72 bits per heavy atom. The number of rotatable bonds is 7. The van der Waals surface area contributed by atoms with E-state index in [1.54, 1.807) is 0 Å². The average Bonchev–Trinajstić information content (AvgIpc) is 2.31.